The van der Waals surface area contributed by atoms with E-state index in [1.165, 1.54) is 29.8 Å². The van der Waals surface area contributed by atoms with Crippen LogP contribution in [0.25, 0.3) is 0 Å². The minimum atomic E-state index is -0.269. The van der Waals surface area contributed by atoms with Crippen molar-refractivity contribution in [3.8, 4) is 0 Å². The molecule has 1 saturated carbocycles. The van der Waals surface area contributed by atoms with Gasteiger partial charge in [-0.25, -0.2) is 0 Å². The lowest BCUT2D eigenvalue weighted by Gasteiger charge is -2.27. The van der Waals surface area contributed by atoms with Crippen LogP contribution in [0.3, 0.4) is 0 Å². The highest BCUT2D eigenvalue weighted by Gasteiger charge is 2.43. The number of esters is 1. The summed E-state index contributed by atoms with van der Waals surface area (Å²) in [5.41, 5.74) is 4.60. The van der Waals surface area contributed by atoms with Crippen LogP contribution < -0.4 is 5.32 Å². The molecular formula is C21H26N4O2S. The molecule has 6 nitrogen and oxygen atoms in total. The zero-order valence-electron chi connectivity index (χ0n) is 16.5. The van der Waals surface area contributed by atoms with Crippen LogP contribution in [-0.2, 0) is 9.53 Å². The molecule has 2 fully saturated rings. The number of carbonyl (C=O) groups excluding carboxylic acids is 1. The van der Waals surface area contributed by atoms with Crippen molar-refractivity contribution in [1.82, 2.24) is 19.8 Å². The summed E-state index contributed by atoms with van der Waals surface area (Å²) in [5, 5.41) is 3.96. The minimum absolute atomic E-state index is 0.106. The van der Waals surface area contributed by atoms with Crippen LogP contribution in [0.1, 0.15) is 60.5 Å². The van der Waals surface area contributed by atoms with Crippen molar-refractivity contribution in [3.05, 3.63) is 53.1 Å². The zero-order valence-corrected chi connectivity index (χ0v) is 17.3. The van der Waals surface area contributed by atoms with E-state index in [0.717, 1.165) is 5.69 Å². The fraction of sp³-hybridized carbons (Fsp3) is 0.476. The van der Waals surface area contributed by atoms with Gasteiger partial charge < -0.3 is 19.5 Å². The fourth-order valence-corrected chi connectivity index (χ4v) is 4.56. The molecule has 0 radical (unpaired) electrons. The van der Waals surface area contributed by atoms with Crippen molar-refractivity contribution in [2.24, 2.45) is 0 Å². The van der Waals surface area contributed by atoms with Crippen LogP contribution in [0.2, 0.25) is 0 Å². The van der Waals surface area contributed by atoms with Gasteiger partial charge in [0.2, 0.25) is 0 Å². The highest BCUT2D eigenvalue weighted by molar-refractivity contribution is 7.80. The Kier molecular flexibility index (Phi) is 5.10. The van der Waals surface area contributed by atoms with E-state index in [1.807, 2.05) is 30.0 Å². The van der Waals surface area contributed by atoms with Gasteiger partial charge >= 0.3 is 5.97 Å². The third-order valence-electron chi connectivity index (χ3n) is 5.56. The summed E-state index contributed by atoms with van der Waals surface area (Å²) in [5.74, 6) is -0.269. The molecule has 7 heteroatoms. The number of carbonyl (C=O) groups is 1. The topological polar surface area (TPSA) is 59.4 Å². The predicted molar refractivity (Wildman–Crippen MR) is 111 cm³/mol. The van der Waals surface area contributed by atoms with Crippen LogP contribution in [0.15, 0.2) is 30.5 Å². The largest absolute Gasteiger partial charge is 0.465 e. The van der Waals surface area contributed by atoms with Crippen LogP contribution in [0.5, 0.6) is 0 Å². The Balaban J connectivity index is 1.76. The Morgan fingerprint density at radius 1 is 1.36 bits per heavy atom. The Morgan fingerprint density at radius 2 is 2.14 bits per heavy atom. The van der Waals surface area contributed by atoms with E-state index < -0.39 is 0 Å². The summed E-state index contributed by atoms with van der Waals surface area (Å²) in [7, 11) is 0. The van der Waals surface area contributed by atoms with Gasteiger partial charge in [0.25, 0.3) is 0 Å². The van der Waals surface area contributed by atoms with Gasteiger partial charge in [-0.15, -0.1) is 0 Å². The third kappa shape index (κ3) is 3.39. The van der Waals surface area contributed by atoms with Crippen molar-refractivity contribution in [1.29, 1.82) is 0 Å². The van der Waals surface area contributed by atoms with E-state index >= 15 is 0 Å². The minimum Gasteiger partial charge on any atom is -0.465 e. The number of pyridine rings is 1. The SMILES string of the molecule is CCOC(=O)CN1C(=S)N[C@H](c2ccccn2)[C@@H]1c1cc(C)n(C2CC2)c1C. The highest BCUT2D eigenvalue weighted by atomic mass is 32.1. The second-order valence-electron chi connectivity index (χ2n) is 7.49. The van der Waals surface area contributed by atoms with Crippen LogP contribution in [0.4, 0.5) is 0 Å². The van der Waals surface area contributed by atoms with Gasteiger partial charge in [0.15, 0.2) is 5.11 Å². The molecule has 2 aromatic heterocycles. The van der Waals surface area contributed by atoms with E-state index in [2.05, 4.69) is 34.8 Å². The first-order valence-electron chi connectivity index (χ1n) is 9.83. The molecule has 0 unspecified atom stereocenters. The summed E-state index contributed by atoms with van der Waals surface area (Å²) in [4.78, 5) is 18.8. The summed E-state index contributed by atoms with van der Waals surface area (Å²) >= 11 is 5.62. The standard InChI is InChI=1S/C21H26N4O2S/c1-4-27-18(26)12-24-20(16-11-13(2)25(14(16)3)15-8-9-15)19(23-21(24)28)17-7-5-6-10-22-17/h5-7,10-11,15,19-20H,4,8-9,12H2,1-3H3,(H,23,28)/t19-,20+/m1/s1. The van der Waals surface area contributed by atoms with Gasteiger partial charge in [0.1, 0.15) is 6.54 Å². The summed E-state index contributed by atoms with van der Waals surface area (Å²) in [6, 6.07) is 8.50. The average molecular weight is 399 g/mol. The van der Waals surface area contributed by atoms with E-state index in [4.69, 9.17) is 17.0 Å². The maximum Gasteiger partial charge on any atom is 0.325 e. The molecule has 0 aromatic carbocycles. The van der Waals surface area contributed by atoms with E-state index in [9.17, 15) is 4.79 Å². The molecule has 0 spiro atoms. The number of ether oxygens (including phenoxy) is 1. The molecule has 2 atom stereocenters. The molecule has 2 aliphatic rings. The quantitative estimate of drug-likeness (QED) is 0.595. The normalized spacial score (nSPS) is 21.7. The molecule has 1 N–H and O–H groups in total. The molecule has 1 saturated heterocycles. The van der Waals surface area contributed by atoms with Gasteiger partial charge in [-0.3, -0.25) is 9.78 Å². The number of aromatic nitrogens is 2. The van der Waals surface area contributed by atoms with E-state index in [-0.39, 0.29) is 24.6 Å². The van der Waals surface area contributed by atoms with Crippen molar-refractivity contribution < 1.29 is 9.53 Å². The molecular weight excluding hydrogens is 372 g/mol. The zero-order chi connectivity index (χ0) is 19.8. The fourth-order valence-electron chi connectivity index (χ4n) is 4.26. The first-order valence-corrected chi connectivity index (χ1v) is 10.2. The maximum absolute atomic E-state index is 12.3. The summed E-state index contributed by atoms with van der Waals surface area (Å²) in [6.07, 6.45) is 4.25. The van der Waals surface area contributed by atoms with Gasteiger partial charge in [0.05, 0.1) is 24.4 Å². The summed E-state index contributed by atoms with van der Waals surface area (Å²) in [6.45, 7) is 6.62. The molecule has 2 aromatic rings. The van der Waals surface area contributed by atoms with Gasteiger partial charge in [-0.2, -0.15) is 0 Å². The number of rotatable bonds is 6. The lowest BCUT2D eigenvalue weighted by atomic mass is 9.97. The van der Waals surface area contributed by atoms with E-state index in [1.54, 1.807) is 6.20 Å². The first-order chi connectivity index (χ1) is 13.5. The second kappa shape index (κ2) is 7.54. The van der Waals surface area contributed by atoms with Crippen molar-refractivity contribution in [2.45, 2.75) is 51.7 Å². The van der Waals surface area contributed by atoms with Crippen molar-refractivity contribution in [3.63, 3.8) is 0 Å². The molecule has 28 heavy (non-hydrogen) atoms. The number of thiocarbonyl (C=S) groups is 1. The lowest BCUT2D eigenvalue weighted by molar-refractivity contribution is -0.143. The Labute approximate surface area is 170 Å². The molecule has 1 aliphatic carbocycles. The first kappa shape index (κ1) is 18.9. The predicted octanol–water partition coefficient (Wildman–Crippen LogP) is 3.37. The van der Waals surface area contributed by atoms with Gasteiger partial charge in [-0.1, -0.05) is 6.07 Å². The molecule has 1 aliphatic heterocycles. The van der Waals surface area contributed by atoms with Gasteiger partial charge in [0, 0.05) is 23.6 Å². The highest BCUT2D eigenvalue weighted by Crippen LogP contribution is 2.44. The van der Waals surface area contributed by atoms with Crippen LogP contribution >= 0.6 is 12.2 Å². The van der Waals surface area contributed by atoms with Gasteiger partial charge in [-0.05, 0) is 69.6 Å². The lowest BCUT2D eigenvalue weighted by Crippen LogP contribution is -2.35. The van der Waals surface area contributed by atoms with E-state index in [0.29, 0.717) is 17.8 Å². The molecule has 3 heterocycles. The molecule has 148 valence electrons. The van der Waals surface area contributed by atoms with Crippen molar-refractivity contribution in [2.75, 3.05) is 13.2 Å². The number of hydrogen-bond acceptors (Lipinski definition) is 4. The Bertz CT molecular complexity index is 891. The monoisotopic (exact) mass is 398 g/mol. The number of nitrogens with one attached hydrogen (secondary N) is 1. The number of hydrogen-bond donors (Lipinski definition) is 1. The maximum atomic E-state index is 12.3. The molecule has 0 bridgehead atoms. The Morgan fingerprint density at radius 3 is 2.79 bits per heavy atom. The number of aryl methyl sites for hydroxylation is 1. The summed E-state index contributed by atoms with van der Waals surface area (Å²) < 4.78 is 7.62. The molecule has 4 rings (SSSR count). The van der Waals surface area contributed by atoms with Crippen LogP contribution in [0, 0.1) is 13.8 Å². The smallest absolute Gasteiger partial charge is 0.325 e. The molecule has 0 amide bonds. The second-order valence-corrected chi connectivity index (χ2v) is 7.87. The third-order valence-corrected chi connectivity index (χ3v) is 5.91. The Hall–Kier alpha value is -2.41. The number of nitrogens with zero attached hydrogens (tertiary/aromatic N) is 3. The van der Waals surface area contributed by atoms with Crippen LogP contribution in [-0.4, -0.2) is 38.7 Å². The van der Waals surface area contributed by atoms with Crippen molar-refractivity contribution >= 4 is 23.3 Å². The average Bonchev–Trinajstić information content (AvgIpc) is 3.40.